The van der Waals surface area contributed by atoms with Crippen molar-refractivity contribution in [3.63, 3.8) is 0 Å². The van der Waals surface area contributed by atoms with Crippen molar-refractivity contribution in [1.29, 1.82) is 0 Å². The number of halogens is 4. The van der Waals surface area contributed by atoms with Crippen LogP contribution in [0.5, 0.6) is 0 Å². The third-order valence-corrected chi connectivity index (χ3v) is 3.78. The largest absolute Gasteiger partial charge is 0.418 e. The zero-order valence-electron chi connectivity index (χ0n) is 9.79. The summed E-state index contributed by atoms with van der Waals surface area (Å²) in [5.41, 5.74) is 3.88. The van der Waals surface area contributed by atoms with Gasteiger partial charge in [0, 0.05) is 11.4 Å². The topological polar surface area (TPSA) is 55.1 Å². The smallest absolute Gasteiger partial charge is 0.398 e. The second kappa shape index (κ2) is 5.34. The molecule has 3 nitrogen and oxygen atoms in total. The van der Waals surface area contributed by atoms with E-state index in [1.807, 2.05) is 0 Å². The van der Waals surface area contributed by atoms with Crippen molar-refractivity contribution in [2.24, 2.45) is 0 Å². The van der Waals surface area contributed by atoms with Crippen molar-refractivity contribution in [3.8, 4) is 0 Å². The maximum Gasteiger partial charge on any atom is 0.418 e. The standard InChI is InChI=1S/C12H8ClF3N2OS/c13-8-3-4-20-10(8)11(19)18-6-1-2-9(17)7(5-6)12(14,15)16/h1-5H,17H2,(H,18,19). The first kappa shape index (κ1) is 14.7. The SMILES string of the molecule is Nc1ccc(NC(=O)c2sccc2Cl)cc1C(F)(F)F. The van der Waals surface area contributed by atoms with Gasteiger partial charge in [-0.25, -0.2) is 0 Å². The summed E-state index contributed by atoms with van der Waals surface area (Å²) in [7, 11) is 0. The molecule has 0 saturated carbocycles. The summed E-state index contributed by atoms with van der Waals surface area (Å²) in [5.74, 6) is -0.567. The molecule has 0 bridgehead atoms. The van der Waals surface area contributed by atoms with Crippen molar-refractivity contribution in [2.75, 3.05) is 11.1 Å². The van der Waals surface area contributed by atoms with Crippen LogP contribution in [0.4, 0.5) is 24.5 Å². The fourth-order valence-electron chi connectivity index (χ4n) is 1.52. The number of benzene rings is 1. The highest BCUT2D eigenvalue weighted by molar-refractivity contribution is 7.12. The number of rotatable bonds is 2. The van der Waals surface area contributed by atoms with Crippen LogP contribution < -0.4 is 11.1 Å². The predicted octanol–water partition coefficient (Wildman–Crippen LogP) is 4.25. The van der Waals surface area contributed by atoms with E-state index in [1.165, 1.54) is 12.1 Å². The van der Waals surface area contributed by atoms with E-state index in [-0.39, 0.29) is 15.6 Å². The highest BCUT2D eigenvalue weighted by Gasteiger charge is 2.33. The summed E-state index contributed by atoms with van der Waals surface area (Å²) in [6, 6.07) is 4.71. The number of thiophene rings is 1. The van der Waals surface area contributed by atoms with Crippen LogP contribution in [0.25, 0.3) is 0 Å². The quantitative estimate of drug-likeness (QED) is 0.812. The molecule has 1 heterocycles. The van der Waals surface area contributed by atoms with Gasteiger partial charge in [-0.3, -0.25) is 4.79 Å². The van der Waals surface area contributed by atoms with Gasteiger partial charge >= 0.3 is 6.18 Å². The maximum atomic E-state index is 12.7. The average Bonchev–Trinajstić information content (AvgIpc) is 2.76. The fraction of sp³-hybridized carbons (Fsp3) is 0.0833. The molecule has 8 heteroatoms. The molecule has 106 valence electrons. The second-order valence-electron chi connectivity index (χ2n) is 3.85. The summed E-state index contributed by atoms with van der Waals surface area (Å²) in [5, 5.41) is 4.22. The lowest BCUT2D eigenvalue weighted by Crippen LogP contribution is -2.13. The summed E-state index contributed by atoms with van der Waals surface area (Å²) >= 11 is 6.88. The molecule has 1 aromatic carbocycles. The van der Waals surface area contributed by atoms with Crippen LogP contribution in [0.1, 0.15) is 15.2 Å². The number of hydrogen-bond acceptors (Lipinski definition) is 3. The molecule has 0 atom stereocenters. The molecule has 0 saturated heterocycles. The minimum Gasteiger partial charge on any atom is -0.398 e. The van der Waals surface area contributed by atoms with E-state index in [2.05, 4.69) is 5.32 Å². The van der Waals surface area contributed by atoms with Gasteiger partial charge in [-0.05, 0) is 29.6 Å². The van der Waals surface area contributed by atoms with Crippen LogP contribution >= 0.6 is 22.9 Å². The molecular weight excluding hydrogens is 313 g/mol. The molecule has 3 N–H and O–H groups in total. The van der Waals surface area contributed by atoms with Gasteiger partial charge in [-0.2, -0.15) is 13.2 Å². The second-order valence-corrected chi connectivity index (χ2v) is 5.17. The van der Waals surface area contributed by atoms with Gasteiger partial charge in [0.1, 0.15) is 4.88 Å². The summed E-state index contributed by atoms with van der Waals surface area (Å²) < 4.78 is 38.1. The minimum atomic E-state index is -4.58. The van der Waals surface area contributed by atoms with E-state index in [9.17, 15) is 18.0 Å². The van der Waals surface area contributed by atoms with Crippen LogP contribution in [0.3, 0.4) is 0 Å². The molecule has 1 amide bonds. The van der Waals surface area contributed by atoms with Gasteiger partial charge in [-0.15, -0.1) is 11.3 Å². The predicted molar refractivity (Wildman–Crippen MR) is 73.1 cm³/mol. The lowest BCUT2D eigenvalue weighted by molar-refractivity contribution is -0.136. The Bertz CT molecular complexity index is 654. The lowest BCUT2D eigenvalue weighted by atomic mass is 10.1. The Morgan fingerprint density at radius 1 is 1.30 bits per heavy atom. The number of nitrogens with two attached hydrogens (primary N) is 1. The third kappa shape index (κ3) is 3.05. The molecule has 0 aliphatic rings. The van der Waals surface area contributed by atoms with Crippen molar-refractivity contribution in [3.05, 3.63) is 45.1 Å². The molecule has 1 aromatic heterocycles. The molecule has 0 aliphatic carbocycles. The lowest BCUT2D eigenvalue weighted by Gasteiger charge is -2.12. The average molecular weight is 321 g/mol. The zero-order valence-corrected chi connectivity index (χ0v) is 11.4. The van der Waals surface area contributed by atoms with E-state index in [0.29, 0.717) is 0 Å². The number of nitrogens with one attached hydrogen (secondary N) is 1. The maximum absolute atomic E-state index is 12.7. The highest BCUT2D eigenvalue weighted by atomic mass is 35.5. The molecule has 2 aromatic rings. The zero-order chi connectivity index (χ0) is 14.9. The van der Waals surface area contributed by atoms with E-state index in [1.54, 1.807) is 5.38 Å². The fourth-order valence-corrected chi connectivity index (χ4v) is 2.56. The first-order chi connectivity index (χ1) is 9.29. The van der Waals surface area contributed by atoms with Gasteiger partial charge in [-0.1, -0.05) is 11.6 Å². The highest BCUT2D eigenvalue weighted by Crippen LogP contribution is 2.35. The number of nitrogen functional groups attached to an aromatic ring is 1. The number of carbonyl (C=O) groups is 1. The van der Waals surface area contributed by atoms with Crippen LogP contribution in [-0.4, -0.2) is 5.91 Å². The van der Waals surface area contributed by atoms with E-state index < -0.39 is 23.3 Å². The Balaban J connectivity index is 2.27. The van der Waals surface area contributed by atoms with Crippen LogP contribution in [0, 0.1) is 0 Å². The minimum absolute atomic E-state index is 0.000918. The molecule has 0 radical (unpaired) electrons. The number of alkyl halides is 3. The Hall–Kier alpha value is -1.73. The van der Waals surface area contributed by atoms with E-state index in [4.69, 9.17) is 17.3 Å². The van der Waals surface area contributed by atoms with E-state index in [0.717, 1.165) is 23.5 Å². The van der Waals surface area contributed by atoms with Crippen molar-refractivity contribution in [1.82, 2.24) is 0 Å². The molecule has 0 aliphatic heterocycles. The molecular formula is C12H8ClF3N2OS. The monoisotopic (exact) mass is 320 g/mol. The van der Waals surface area contributed by atoms with Gasteiger partial charge in [0.05, 0.1) is 10.6 Å². The van der Waals surface area contributed by atoms with Crippen molar-refractivity contribution < 1.29 is 18.0 Å². The molecule has 0 fully saturated rings. The number of hydrogen-bond donors (Lipinski definition) is 2. The molecule has 20 heavy (non-hydrogen) atoms. The van der Waals surface area contributed by atoms with Gasteiger partial charge in [0.25, 0.3) is 5.91 Å². The van der Waals surface area contributed by atoms with Crippen LogP contribution in [0.2, 0.25) is 5.02 Å². The van der Waals surface area contributed by atoms with Crippen LogP contribution in [0.15, 0.2) is 29.6 Å². The number of carbonyl (C=O) groups excluding carboxylic acids is 1. The Morgan fingerprint density at radius 2 is 2.00 bits per heavy atom. The first-order valence-electron chi connectivity index (χ1n) is 5.30. The van der Waals surface area contributed by atoms with Crippen molar-refractivity contribution in [2.45, 2.75) is 6.18 Å². The summed E-state index contributed by atoms with van der Waals surface area (Å²) in [6.45, 7) is 0. The van der Waals surface area contributed by atoms with Gasteiger partial charge in [0.15, 0.2) is 0 Å². The molecule has 0 spiro atoms. The number of amides is 1. The van der Waals surface area contributed by atoms with Crippen LogP contribution in [-0.2, 0) is 6.18 Å². The first-order valence-corrected chi connectivity index (χ1v) is 6.56. The Kier molecular flexibility index (Phi) is 3.92. The van der Waals surface area contributed by atoms with E-state index >= 15 is 0 Å². The summed E-state index contributed by atoms with van der Waals surface area (Å²) in [4.78, 5) is 12.1. The van der Waals surface area contributed by atoms with Crippen molar-refractivity contribution >= 4 is 40.2 Å². The number of anilines is 2. The third-order valence-electron chi connectivity index (χ3n) is 2.44. The van der Waals surface area contributed by atoms with Gasteiger partial charge in [0.2, 0.25) is 0 Å². The molecule has 2 rings (SSSR count). The molecule has 0 unspecified atom stereocenters. The Labute approximate surface area is 121 Å². The summed E-state index contributed by atoms with van der Waals surface area (Å²) in [6.07, 6.45) is -4.58. The normalized spacial score (nSPS) is 11.4. The van der Waals surface area contributed by atoms with Gasteiger partial charge < -0.3 is 11.1 Å². The Morgan fingerprint density at radius 3 is 2.55 bits per heavy atom.